The van der Waals surface area contributed by atoms with E-state index in [4.69, 9.17) is 5.11 Å². The Morgan fingerprint density at radius 1 is 1.21 bits per heavy atom. The number of aliphatic hydroxyl groups is 1. The number of ketones is 1. The molecule has 1 aromatic carbocycles. The van der Waals surface area contributed by atoms with Gasteiger partial charge in [0, 0.05) is 23.5 Å². The highest BCUT2D eigenvalue weighted by molar-refractivity contribution is 6.02. The Bertz CT molecular complexity index is 953. The molecule has 0 saturated heterocycles. The molecule has 1 atom stereocenters. The number of carboxylic acids is 1. The maximum absolute atomic E-state index is 13.0. The molecule has 146 valence electrons. The quantitative estimate of drug-likeness (QED) is 0.474. The van der Waals surface area contributed by atoms with Gasteiger partial charge in [-0.2, -0.15) is 0 Å². The van der Waals surface area contributed by atoms with E-state index in [1.807, 2.05) is 0 Å². The average Bonchev–Trinajstić information content (AvgIpc) is 2.59. The molecule has 0 amide bonds. The van der Waals surface area contributed by atoms with Gasteiger partial charge in [0.05, 0.1) is 5.57 Å². The normalized spacial score (nSPS) is 22.2. The van der Waals surface area contributed by atoms with Gasteiger partial charge in [-0.15, -0.1) is 0 Å². The Hall–Kier alpha value is -2.97. The number of hydrogen-bond donors (Lipinski definition) is 2. The van der Waals surface area contributed by atoms with Crippen LogP contribution in [-0.4, -0.2) is 27.6 Å². The molecular formula is C23H23FO4. The summed E-state index contributed by atoms with van der Waals surface area (Å²) in [5.41, 5.74) is -0.631. The first-order chi connectivity index (χ1) is 13.0. The lowest BCUT2D eigenvalue weighted by molar-refractivity contribution is -0.131. The summed E-state index contributed by atoms with van der Waals surface area (Å²) in [4.78, 5) is 23.4. The lowest BCUT2D eigenvalue weighted by Gasteiger charge is -2.45. The number of Topliss-reactive ketones (excluding diaryl/α,β-unsaturated/α-hetero) is 1. The molecule has 0 fully saturated rings. The minimum atomic E-state index is -1.47. The fourth-order valence-electron chi connectivity index (χ4n) is 3.21. The number of halogens is 1. The Morgan fingerprint density at radius 3 is 2.39 bits per heavy atom. The number of carbonyl (C=O) groups is 2. The number of hydrogen-bond acceptors (Lipinski definition) is 3. The maximum Gasteiger partial charge on any atom is 0.328 e. The van der Waals surface area contributed by atoms with E-state index in [0.717, 1.165) is 6.08 Å². The summed E-state index contributed by atoms with van der Waals surface area (Å²) < 4.78 is 13.0. The fourth-order valence-corrected chi connectivity index (χ4v) is 3.21. The van der Waals surface area contributed by atoms with Crippen LogP contribution >= 0.6 is 0 Å². The van der Waals surface area contributed by atoms with Crippen molar-refractivity contribution in [2.24, 2.45) is 5.41 Å². The van der Waals surface area contributed by atoms with Crippen LogP contribution in [0.15, 0.2) is 59.2 Å². The van der Waals surface area contributed by atoms with Crippen LogP contribution in [0.3, 0.4) is 0 Å². The van der Waals surface area contributed by atoms with Crippen LogP contribution in [0.1, 0.15) is 39.7 Å². The zero-order valence-corrected chi connectivity index (χ0v) is 16.3. The molecule has 2 N–H and O–H groups in total. The highest BCUT2D eigenvalue weighted by Crippen LogP contribution is 2.46. The molecule has 0 unspecified atom stereocenters. The van der Waals surface area contributed by atoms with Crippen molar-refractivity contribution < 1.29 is 24.2 Å². The van der Waals surface area contributed by atoms with Gasteiger partial charge in [-0.25, -0.2) is 9.18 Å². The van der Waals surface area contributed by atoms with Crippen LogP contribution in [0.2, 0.25) is 0 Å². The third kappa shape index (κ3) is 4.47. The molecule has 0 saturated carbocycles. The number of carboxylic acid groups (broad SMARTS) is 1. The number of benzene rings is 1. The minimum Gasteiger partial charge on any atom is -0.478 e. The summed E-state index contributed by atoms with van der Waals surface area (Å²) in [7, 11) is 0. The van der Waals surface area contributed by atoms with E-state index >= 15 is 0 Å². The van der Waals surface area contributed by atoms with E-state index in [1.165, 1.54) is 36.4 Å². The van der Waals surface area contributed by atoms with Crippen molar-refractivity contribution in [2.75, 3.05) is 0 Å². The van der Waals surface area contributed by atoms with Crippen LogP contribution in [0.25, 0.3) is 0 Å². The Balaban J connectivity index is 2.52. The first-order valence-corrected chi connectivity index (χ1v) is 8.81. The van der Waals surface area contributed by atoms with Gasteiger partial charge in [0.25, 0.3) is 0 Å². The molecule has 0 spiro atoms. The third-order valence-electron chi connectivity index (χ3n) is 4.97. The summed E-state index contributed by atoms with van der Waals surface area (Å²) in [5, 5.41) is 20.2. The Labute approximate surface area is 164 Å². The van der Waals surface area contributed by atoms with Crippen molar-refractivity contribution in [3.63, 3.8) is 0 Å². The summed E-state index contributed by atoms with van der Waals surface area (Å²) in [6, 6.07) is 5.60. The van der Waals surface area contributed by atoms with Gasteiger partial charge in [-0.3, -0.25) is 4.79 Å². The van der Waals surface area contributed by atoms with Crippen LogP contribution < -0.4 is 0 Å². The molecule has 0 bridgehead atoms. The topological polar surface area (TPSA) is 74.6 Å². The molecule has 28 heavy (non-hydrogen) atoms. The fraction of sp³-hybridized carbons (Fsp3) is 0.304. The van der Waals surface area contributed by atoms with E-state index in [-0.39, 0.29) is 23.6 Å². The summed E-state index contributed by atoms with van der Waals surface area (Å²) in [6.07, 6.45) is 4.17. The number of allylic oxidation sites excluding steroid dienone is 3. The smallest absolute Gasteiger partial charge is 0.328 e. The molecule has 1 aliphatic rings. The monoisotopic (exact) mass is 382 g/mol. The SMILES string of the molecule is CC1=C(C#Cc2ccc(F)cc2)C(=O)CC(C)(C)[C@@]1(O)/C=C/C(C)=C\C(=O)O. The second kappa shape index (κ2) is 7.95. The van der Waals surface area contributed by atoms with Gasteiger partial charge in [-0.05, 0) is 55.3 Å². The molecule has 1 aliphatic carbocycles. The van der Waals surface area contributed by atoms with Gasteiger partial charge in [0.15, 0.2) is 5.78 Å². The molecule has 5 heteroatoms. The lowest BCUT2D eigenvalue weighted by Crippen LogP contribution is -2.49. The largest absolute Gasteiger partial charge is 0.478 e. The van der Waals surface area contributed by atoms with Crippen LogP contribution in [0.4, 0.5) is 4.39 Å². The van der Waals surface area contributed by atoms with Gasteiger partial charge in [0.1, 0.15) is 11.4 Å². The van der Waals surface area contributed by atoms with Crippen molar-refractivity contribution in [1.82, 2.24) is 0 Å². The molecule has 2 rings (SSSR count). The second-order valence-electron chi connectivity index (χ2n) is 7.57. The zero-order chi connectivity index (χ0) is 21.1. The third-order valence-corrected chi connectivity index (χ3v) is 4.97. The predicted molar refractivity (Wildman–Crippen MR) is 105 cm³/mol. The Kier molecular flexibility index (Phi) is 6.06. The molecule has 4 nitrogen and oxygen atoms in total. The average molecular weight is 382 g/mol. The molecule has 0 radical (unpaired) electrons. The van der Waals surface area contributed by atoms with Crippen molar-refractivity contribution in [3.8, 4) is 11.8 Å². The predicted octanol–water partition coefficient (Wildman–Crippen LogP) is 3.81. The number of carbonyl (C=O) groups excluding carboxylic acids is 1. The van der Waals surface area contributed by atoms with Gasteiger partial charge < -0.3 is 10.2 Å². The van der Waals surface area contributed by atoms with Crippen LogP contribution in [0, 0.1) is 23.1 Å². The van der Waals surface area contributed by atoms with Gasteiger partial charge in [-0.1, -0.05) is 31.8 Å². The minimum absolute atomic E-state index is 0.0836. The Morgan fingerprint density at radius 2 is 1.82 bits per heavy atom. The van der Waals surface area contributed by atoms with Crippen molar-refractivity contribution in [1.29, 1.82) is 0 Å². The summed E-state index contributed by atoms with van der Waals surface area (Å²) >= 11 is 0. The first kappa shape index (κ1) is 21.3. The summed E-state index contributed by atoms with van der Waals surface area (Å²) in [5.74, 6) is 4.04. The second-order valence-corrected chi connectivity index (χ2v) is 7.57. The zero-order valence-electron chi connectivity index (χ0n) is 16.3. The van der Waals surface area contributed by atoms with Gasteiger partial charge in [0.2, 0.25) is 0 Å². The van der Waals surface area contributed by atoms with E-state index in [1.54, 1.807) is 27.7 Å². The molecular weight excluding hydrogens is 359 g/mol. The van der Waals surface area contributed by atoms with Crippen molar-refractivity contribution >= 4 is 11.8 Å². The van der Waals surface area contributed by atoms with Crippen molar-refractivity contribution in [2.45, 2.75) is 39.7 Å². The molecule has 0 heterocycles. The maximum atomic E-state index is 13.0. The van der Waals surface area contributed by atoms with Crippen LogP contribution in [-0.2, 0) is 9.59 Å². The van der Waals surface area contributed by atoms with Crippen molar-refractivity contribution in [3.05, 3.63) is 70.6 Å². The highest BCUT2D eigenvalue weighted by atomic mass is 19.1. The highest BCUT2D eigenvalue weighted by Gasteiger charge is 2.49. The standard InChI is InChI=1S/C23H23FO4/c1-15(13-21(26)27)11-12-23(28)16(2)19(20(25)14-22(23,3)4)10-7-17-5-8-18(24)9-6-17/h5-6,8-9,11-13,28H,14H2,1-4H3,(H,26,27)/b12-11+,15-13-/t23-/m1/s1. The summed E-state index contributed by atoms with van der Waals surface area (Å²) in [6.45, 7) is 6.82. The molecule has 1 aromatic rings. The first-order valence-electron chi connectivity index (χ1n) is 8.81. The van der Waals surface area contributed by atoms with E-state index in [0.29, 0.717) is 16.7 Å². The number of aliphatic carboxylic acids is 1. The molecule has 0 aliphatic heterocycles. The van der Waals surface area contributed by atoms with Crippen LogP contribution in [0.5, 0.6) is 0 Å². The van der Waals surface area contributed by atoms with Gasteiger partial charge >= 0.3 is 5.97 Å². The number of rotatable bonds is 3. The van der Waals surface area contributed by atoms with E-state index in [9.17, 15) is 19.1 Å². The van der Waals surface area contributed by atoms with E-state index in [2.05, 4.69) is 11.8 Å². The lowest BCUT2D eigenvalue weighted by atomic mass is 9.62. The molecule has 0 aromatic heterocycles. The van der Waals surface area contributed by atoms with E-state index < -0.39 is 17.0 Å².